The molecule has 188 valence electrons. The number of methoxy groups -OCH3 is 1. The van der Waals surface area contributed by atoms with Crippen LogP contribution in [0.4, 0.5) is 0 Å². The first kappa shape index (κ1) is 26.3. The number of fused-ring (bicyclic) bond motifs is 1. The number of rotatable bonds is 12. The van der Waals surface area contributed by atoms with Crippen LogP contribution in [-0.4, -0.2) is 53.5 Å². The van der Waals surface area contributed by atoms with Gasteiger partial charge in [0.2, 0.25) is 0 Å². The van der Waals surface area contributed by atoms with Crippen LogP contribution in [0.25, 0.3) is 10.9 Å². The predicted octanol–water partition coefficient (Wildman–Crippen LogP) is 6.88. The second-order valence-electron chi connectivity index (χ2n) is 9.19. The van der Waals surface area contributed by atoms with Crippen molar-refractivity contribution < 1.29 is 14.6 Å². The highest BCUT2D eigenvalue weighted by molar-refractivity contribution is 8.01. The molecule has 0 saturated carbocycles. The van der Waals surface area contributed by atoms with Gasteiger partial charge in [0.25, 0.3) is 0 Å². The van der Waals surface area contributed by atoms with Crippen LogP contribution in [0.1, 0.15) is 37.7 Å². The summed E-state index contributed by atoms with van der Waals surface area (Å²) >= 11 is 9.74. The third-order valence-electron chi connectivity index (χ3n) is 6.99. The van der Waals surface area contributed by atoms with Crippen molar-refractivity contribution in [3.63, 3.8) is 0 Å². The molecule has 5 nitrogen and oxygen atoms in total. The minimum Gasteiger partial charge on any atom is -0.497 e. The van der Waals surface area contributed by atoms with Gasteiger partial charge in [-0.3, -0.25) is 9.78 Å². The SMILES string of the molecule is COc1ccc2nccc(CCCC3CCN(CCSc4sccc4Cl)CC3CCC(=O)O)c2c1. The second kappa shape index (κ2) is 12.9. The van der Waals surface area contributed by atoms with Crippen LogP contribution in [0.5, 0.6) is 5.75 Å². The molecular formula is C27H33ClN2O3S2. The number of carboxylic acids is 1. The van der Waals surface area contributed by atoms with Crippen molar-refractivity contribution in [3.8, 4) is 5.75 Å². The number of ether oxygens (including phenoxy) is 1. The molecule has 0 bridgehead atoms. The fourth-order valence-corrected chi connectivity index (χ4v) is 7.48. The maximum absolute atomic E-state index is 11.3. The number of carbonyl (C=O) groups is 1. The van der Waals surface area contributed by atoms with Crippen LogP contribution < -0.4 is 4.74 Å². The Labute approximate surface area is 220 Å². The summed E-state index contributed by atoms with van der Waals surface area (Å²) in [6.45, 7) is 3.09. The van der Waals surface area contributed by atoms with Crippen LogP contribution in [0, 0.1) is 11.8 Å². The molecule has 0 aliphatic carbocycles. The van der Waals surface area contributed by atoms with Crippen molar-refractivity contribution in [1.82, 2.24) is 9.88 Å². The quantitative estimate of drug-likeness (QED) is 0.257. The van der Waals surface area contributed by atoms with Crippen molar-refractivity contribution in [3.05, 3.63) is 52.5 Å². The van der Waals surface area contributed by atoms with Gasteiger partial charge in [-0.15, -0.1) is 23.1 Å². The van der Waals surface area contributed by atoms with E-state index in [1.54, 1.807) is 18.4 Å². The van der Waals surface area contributed by atoms with E-state index in [1.165, 1.54) is 9.77 Å². The highest BCUT2D eigenvalue weighted by Crippen LogP contribution is 2.34. The molecular weight excluding hydrogens is 500 g/mol. The number of aryl methyl sites for hydroxylation is 1. The summed E-state index contributed by atoms with van der Waals surface area (Å²) in [5.74, 6) is 2.18. The Bertz CT molecular complexity index is 1120. The molecule has 1 N–H and O–H groups in total. The highest BCUT2D eigenvalue weighted by atomic mass is 35.5. The molecule has 8 heteroatoms. The van der Waals surface area contributed by atoms with E-state index >= 15 is 0 Å². The highest BCUT2D eigenvalue weighted by Gasteiger charge is 2.29. The van der Waals surface area contributed by atoms with Gasteiger partial charge in [0.05, 0.1) is 21.9 Å². The maximum Gasteiger partial charge on any atom is 0.303 e. The summed E-state index contributed by atoms with van der Waals surface area (Å²) in [6.07, 6.45) is 7.26. The standard InChI is InChI=1S/C27H33ClN2O3S2/c1-33-22-6-7-25-23(17-22)20(9-12-29-25)4-2-3-19-10-13-30(18-21(19)5-8-26(31)32)14-16-35-27-24(28)11-15-34-27/h6-7,9,11-12,15,17,19,21H,2-5,8,10,13-14,16,18H2,1H3,(H,31,32). The van der Waals surface area contributed by atoms with Gasteiger partial charge >= 0.3 is 5.97 Å². The molecule has 1 saturated heterocycles. The number of carboxylic acid groups (broad SMARTS) is 1. The Morgan fingerprint density at radius 1 is 1.29 bits per heavy atom. The zero-order chi connectivity index (χ0) is 24.6. The van der Waals surface area contributed by atoms with Gasteiger partial charge in [0.1, 0.15) is 5.75 Å². The monoisotopic (exact) mass is 532 g/mol. The lowest BCUT2D eigenvalue weighted by molar-refractivity contribution is -0.137. The summed E-state index contributed by atoms with van der Waals surface area (Å²) in [5, 5.41) is 13.3. The smallest absolute Gasteiger partial charge is 0.303 e. The molecule has 3 heterocycles. The van der Waals surface area contributed by atoms with Crippen LogP contribution in [0.15, 0.2) is 46.1 Å². The lowest BCUT2D eigenvalue weighted by Gasteiger charge is -2.39. The Balaban J connectivity index is 1.32. The van der Waals surface area contributed by atoms with Gasteiger partial charge in [-0.1, -0.05) is 11.6 Å². The molecule has 1 aliphatic rings. The first-order valence-corrected chi connectivity index (χ1v) is 14.5. The van der Waals surface area contributed by atoms with Gasteiger partial charge in [-0.05, 0) is 91.8 Å². The number of pyridine rings is 1. The molecule has 1 aromatic carbocycles. The van der Waals surface area contributed by atoms with E-state index in [9.17, 15) is 9.90 Å². The lowest BCUT2D eigenvalue weighted by Crippen LogP contribution is -2.41. The van der Waals surface area contributed by atoms with E-state index in [0.717, 1.165) is 79.2 Å². The van der Waals surface area contributed by atoms with Crippen molar-refractivity contribution in [1.29, 1.82) is 0 Å². The number of thiophene rings is 1. The summed E-state index contributed by atoms with van der Waals surface area (Å²) in [4.78, 5) is 18.3. The molecule has 4 rings (SSSR count). The largest absolute Gasteiger partial charge is 0.497 e. The fraction of sp³-hybridized carbons (Fsp3) is 0.481. The van der Waals surface area contributed by atoms with Gasteiger partial charge in [0.15, 0.2) is 0 Å². The van der Waals surface area contributed by atoms with Crippen LogP contribution in [0.2, 0.25) is 5.02 Å². The molecule has 1 aliphatic heterocycles. The molecule has 0 amide bonds. The summed E-state index contributed by atoms with van der Waals surface area (Å²) in [7, 11) is 1.69. The molecule has 0 spiro atoms. The summed E-state index contributed by atoms with van der Waals surface area (Å²) in [5.41, 5.74) is 2.30. The topological polar surface area (TPSA) is 62.7 Å². The Kier molecular flexibility index (Phi) is 9.72. The fourth-order valence-electron chi connectivity index (χ4n) is 5.11. The molecule has 3 aromatic rings. The van der Waals surface area contributed by atoms with Crippen LogP contribution >= 0.6 is 34.7 Å². The summed E-state index contributed by atoms with van der Waals surface area (Å²) < 4.78 is 6.60. The van der Waals surface area contributed by atoms with E-state index in [-0.39, 0.29) is 6.42 Å². The number of thioether (sulfide) groups is 1. The third kappa shape index (κ3) is 7.35. The molecule has 2 unspecified atom stereocenters. The number of benzene rings is 1. The van der Waals surface area contributed by atoms with Crippen molar-refractivity contribution in [2.75, 3.05) is 32.5 Å². The normalized spacial score (nSPS) is 18.7. The number of aliphatic carboxylic acids is 1. The number of hydrogen-bond donors (Lipinski definition) is 1. The van der Waals surface area contributed by atoms with Crippen molar-refractivity contribution in [2.45, 2.75) is 42.7 Å². The molecule has 0 radical (unpaired) electrons. The third-order valence-corrected chi connectivity index (χ3v) is 9.75. The molecule has 1 fully saturated rings. The minimum absolute atomic E-state index is 0.253. The number of piperidine rings is 1. The number of aromatic nitrogens is 1. The van der Waals surface area contributed by atoms with E-state index < -0.39 is 5.97 Å². The Morgan fingerprint density at radius 3 is 2.94 bits per heavy atom. The van der Waals surface area contributed by atoms with Gasteiger partial charge in [-0.2, -0.15) is 0 Å². The number of nitrogens with zero attached hydrogens (tertiary/aromatic N) is 2. The average Bonchev–Trinajstić information content (AvgIpc) is 3.28. The molecule has 2 aromatic heterocycles. The zero-order valence-corrected chi connectivity index (χ0v) is 22.5. The van der Waals surface area contributed by atoms with E-state index in [4.69, 9.17) is 16.3 Å². The van der Waals surface area contributed by atoms with Crippen molar-refractivity contribution in [2.24, 2.45) is 11.8 Å². The van der Waals surface area contributed by atoms with Crippen LogP contribution in [0.3, 0.4) is 0 Å². The first-order valence-electron chi connectivity index (χ1n) is 12.2. The van der Waals surface area contributed by atoms with Gasteiger partial charge in [0, 0.05) is 36.8 Å². The van der Waals surface area contributed by atoms with Gasteiger partial charge in [-0.25, -0.2) is 0 Å². The van der Waals surface area contributed by atoms with Gasteiger partial charge < -0.3 is 14.7 Å². The maximum atomic E-state index is 11.3. The van der Waals surface area contributed by atoms with E-state index in [2.05, 4.69) is 22.0 Å². The Morgan fingerprint density at radius 2 is 2.17 bits per heavy atom. The van der Waals surface area contributed by atoms with Crippen molar-refractivity contribution >= 4 is 51.6 Å². The number of hydrogen-bond acceptors (Lipinski definition) is 6. The molecule has 2 atom stereocenters. The van der Waals surface area contributed by atoms with E-state index in [1.807, 2.05) is 41.5 Å². The summed E-state index contributed by atoms with van der Waals surface area (Å²) in [6, 6.07) is 10.1. The lowest BCUT2D eigenvalue weighted by atomic mass is 9.79. The average molecular weight is 533 g/mol. The zero-order valence-electron chi connectivity index (χ0n) is 20.1. The van der Waals surface area contributed by atoms with Crippen LogP contribution in [-0.2, 0) is 11.2 Å². The number of likely N-dealkylation sites (tertiary alicyclic amines) is 1. The van der Waals surface area contributed by atoms with E-state index in [0.29, 0.717) is 11.8 Å². The number of halogens is 1. The minimum atomic E-state index is -0.694. The molecule has 35 heavy (non-hydrogen) atoms. The second-order valence-corrected chi connectivity index (χ2v) is 11.9. The first-order chi connectivity index (χ1) is 17.0. The Hall–Kier alpha value is -1.80. The predicted molar refractivity (Wildman–Crippen MR) is 146 cm³/mol.